The van der Waals surface area contributed by atoms with Gasteiger partial charge in [0.1, 0.15) is 17.5 Å². The third-order valence-electron chi connectivity index (χ3n) is 2.99. The summed E-state index contributed by atoms with van der Waals surface area (Å²) in [6.07, 6.45) is 1.38. The molecule has 1 N–H and O–H groups in total. The molecule has 0 amide bonds. The maximum Gasteiger partial charge on any atom is 0.203 e. The lowest BCUT2D eigenvalue weighted by molar-refractivity contribution is 0.104. The second-order valence-electron chi connectivity index (χ2n) is 4.44. The molecule has 0 aliphatic heterocycles. The van der Waals surface area contributed by atoms with Crippen molar-refractivity contribution in [1.29, 1.82) is 5.26 Å². The summed E-state index contributed by atoms with van der Waals surface area (Å²) >= 11 is 0. The molecule has 2 aromatic rings. The summed E-state index contributed by atoms with van der Waals surface area (Å²) in [7, 11) is 1.40. The van der Waals surface area contributed by atoms with Crippen LogP contribution in [0, 0.1) is 17.1 Å². The highest BCUT2D eigenvalue weighted by Crippen LogP contribution is 2.27. The quantitative estimate of drug-likeness (QED) is 0.534. The van der Waals surface area contributed by atoms with Gasteiger partial charge in [0.2, 0.25) is 5.78 Å². The molecule has 0 unspecified atom stereocenters. The van der Waals surface area contributed by atoms with Gasteiger partial charge in [0.25, 0.3) is 0 Å². The smallest absolute Gasteiger partial charge is 0.203 e. The number of nitriles is 1. The van der Waals surface area contributed by atoms with E-state index in [0.29, 0.717) is 5.56 Å². The fourth-order valence-electron chi connectivity index (χ4n) is 1.86. The number of ether oxygens (including phenoxy) is 1. The number of allylic oxidation sites excluding steroid dienone is 1. The Morgan fingerprint density at radius 1 is 1.27 bits per heavy atom. The second kappa shape index (κ2) is 6.55. The van der Waals surface area contributed by atoms with E-state index in [0.717, 1.165) is 12.1 Å². The van der Waals surface area contributed by atoms with Crippen LogP contribution in [0.15, 0.2) is 48.0 Å². The fraction of sp³-hybridized carbons (Fsp3) is 0.0588. The van der Waals surface area contributed by atoms with Crippen molar-refractivity contribution < 1.29 is 19.0 Å². The number of halogens is 1. The number of carbonyl (C=O) groups excluding carboxylic acids is 1. The molecule has 0 aromatic heterocycles. The van der Waals surface area contributed by atoms with Crippen molar-refractivity contribution in [3.05, 3.63) is 65.0 Å². The molecule has 0 spiro atoms. The zero-order valence-corrected chi connectivity index (χ0v) is 11.7. The van der Waals surface area contributed by atoms with Gasteiger partial charge in [0.15, 0.2) is 11.5 Å². The van der Waals surface area contributed by atoms with Crippen LogP contribution in [-0.2, 0) is 0 Å². The van der Waals surface area contributed by atoms with E-state index in [9.17, 15) is 14.3 Å². The molecule has 0 bridgehead atoms. The molecule has 22 heavy (non-hydrogen) atoms. The number of phenolic OH excluding ortho intramolecular Hbond substituents is 1. The van der Waals surface area contributed by atoms with Gasteiger partial charge in [-0.1, -0.05) is 6.07 Å². The molecule has 0 heterocycles. The molecule has 0 radical (unpaired) electrons. The van der Waals surface area contributed by atoms with Crippen LogP contribution in [0.5, 0.6) is 11.5 Å². The molecule has 4 nitrogen and oxygen atoms in total. The van der Waals surface area contributed by atoms with Crippen LogP contribution < -0.4 is 4.74 Å². The number of benzene rings is 2. The van der Waals surface area contributed by atoms with Gasteiger partial charge in [-0.25, -0.2) is 4.39 Å². The first-order chi connectivity index (χ1) is 10.5. The minimum atomic E-state index is -0.505. The van der Waals surface area contributed by atoms with Gasteiger partial charge in [-0.3, -0.25) is 4.79 Å². The van der Waals surface area contributed by atoms with Gasteiger partial charge in [-0.15, -0.1) is 0 Å². The fourth-order valence-corrected chi connectivity index (χ4v) is 1.86. The first-order valence-electron chi connectivity index (χ1n) is 6.34. The van der Waals surface area contributed by atoms with Crippen molar-refractivity contribution >= 4 is 11.9 Å². The van der Waals surface area contributed by atoms with Gasteiger partial charge >= 0.3 is 0 Å². The third kappa shape index (κ3) is 3.30. The number of aromatic hydroxyl groups is 1. The normalized spacial score (nSPS) is 10.9. The molecule has 0 saturated heterocycles. The minimum absolute atomic E-state index is 0.0389. The summed E-state index contributed by atoms with van der Waals surface area (Å²) in [5.74, 6) is -0.764. The molecule has 110 valence electrons. The van der Waals surface area contributed by atoms with E-state index in [1.54, 1.807) is 6.07 Å². The molecule has 0 aliphatic carbocycles. The number of hydrogen-bond acceptors (Lipinski definition) is 4. The summed E-state index contributed by atoms with van der Waals surface area (Å²) in [4.78, 5) is 12.2. The van der Waals surface area contributed by atoms with Crippen molar-refractivity contribution in [2.24, 2.45) is 0 Å². The summed E-state index contributed by atoms with van der Waals surface area (Å²) < 4.78 is 17.8. The average molecular weight is 297 g/mol. The van der Waals surface area contributed by atoms with E-state index >= 15 is 0 Å². The minimum Gasteiger partial charge on any atom is -0.504 e. The topological polar surface area (TPSA) is 70.3 Å². The largest absolute Gasteiger partial charge is 0.504 e. The highest BCUT2D eigenvalue weighted by Gasteiger charge is 2.12. The summed E-state index contributed by atoms with van der Waals surface area (Å²) in [5.41, 5.74) is 0.654. The zero-order valence-electron chi connectivity index (χ0n) is 11.7. The van der Waals surface area contributed by atoms with E-state index in [4.69, 9.17) is 10.00 Å². The van der Waals surface area contributed by atoms with Crippen LogP contribution >= 0.6 is 0 Å². The predicted molar refractivity (Wildman–Crippen MR) is 79.0 cm³/mol. The Bertz CT molecular complexity index is 773. The van der Waals surface area contributed by atoms with Crippen molar-refractivity contribution in [2.75, 3.05) is 7.11 Å². The second-order valence-corrected chi connectivity index (χ2v) is 4.44. The number of carbonyl (C=O) groups is 1. The predicted octanol–water partition coefficient (Wildman–Crippen LogP) is 3.33. The number of methoxy groups -OCH3 is 1. The van der Waals surface area contributed by atoms with Crippen LogP contribution in [0.2, 0.25) is 0 Å². The Labute approximate surface area is 126 Å². The molecule has 0 atom stereocenters. The highest BCUT2D eigenvalue weighted by atomic mass is 19.1. The van der Waals surface area contributed by atoms with E-state index in [-0.39, 0.29) is 22.6 Å². The number of hydrogen-bond donors (Lipinski definition) is 1. The van der Waals surface area contributed by atoms with Gasteiger partial charge < -0.3 is 9.84 Å². The Morgan fingerprint density at radius 3 is 2.55 bits per heavy atom. The van der Waals surface area contributed by atoms with Crippen molar-refractivity contribution in [3.8, 4) is 17.6 Å². The summed E-state index contributed by atoms with van der Waals surface area (Å²) in [5, 5.41) is 18.7. The number of ketones is 1. The molecular formula is C17H12FNO3. The van der Waals surface area contributed by atoms with E-state index in [1.165, 1.54) is 37.5 Å². The van der Waals surface area contributed by atoms with Gasteiger partial charge in [-0.05, 0) is 48.0 Å². The summed E-state index contributed by atoms with van der Waals surface area (Å²) in [6, 6.07) is 11.2. The SMILES string of the molecule is COc1cc(/C=C(\C#N)C(=O)c2ccc(F)cc2)ccc1O. The Morgan fingerprint density at radius 2 is 1.95 bits per heavy atom. The maximum atomic E-state index is 12.9. The Balaban J connectivity index is 2.37. The molecule has 0 aliphatic rings. The lowest BCUT2D eigenvalue weighted by Crippen LogP contribution is -2.02. The lowest BCUT2D eigenvalue weighted by atomic mass is 10.0. The van der Waals surface area contributed by atoms with Crippen LogP contribution in [0.3, 0.4) is 0 Å². The lowest BCUT2D eigenvalue weighted by Gasteiger charge is -2.04. The van der Waals surface area contributed by atoms with Gasteiger partial charge in [0, 0.05) is 5.56 Å². The molecule has 0 fully saturated rings. The van der Waals surface area contributed by atoms with Crippen molar-refractivity contribution in [2.45, 2.75) is 0 Å². The monoisotopic (exact) mass is 297 g/mol. The van der Waals surface area contributed by atoms with Gasteiger partial charge in [0.05, 0.1) is 7.11 Å². The first-order valence-corrected chi connectivity index (χ1v) is 6.34. The maximum absolute atomic E-state index is 12.9. The molecule has 0 saturated carbocycles. The van der Waals surface area contributed by atoms with Gasteiger partial charge in [-0.2, -0.15) is 5.26 Å². The summed E-state index contributed by atoms with van der Waals surface area (Å²) in [6.45, 7) is 0. The van der Waals surface area contributed by atoms with E-state index in [2.05, 4.69) is 0 Å². The Kier molecular flexibility index (Phi) is 4.54. The molecular weight excluding hydrogens is 285 g/mol. The van der Waals surface area contributed by atoms with Crippen LogP contribution in [0.1, 0.15) is 15.9 Å². The molecule has 2 rings (SSSR count). The van der Waals surface area contributed by atoms with E-state index in [1.807, 2.05) is 6.07 Å². The highest BCUT2D eigenvalue weighted by molar-refractivity contribution is 6.14. The van der Waals surface area contributed by atoms with E-state index < -0.39 is 11.6 Å². The van der Waals surface area contributed by atoms with Crippen LogP contribution in [-0.4, -0.2) is 18.0 Å². The number of phenols is 1. The van der Waals surface area contributed by atoms with Crippen molar-refractivity contribution in [3.63, 3.8) is 0 Å². The van der Waals surface area contributed by atoms with Crippen LogP contribution in [0.4, 0.5) is 4.39 Å². The Hall–Kier alpha value is -3.13. The molecule has 5 heteroatoms. The number of rotatable bonds is 4. The van der Waals surface area contributed by atoms with Crippen molar-refractivity contribution in [1.82, 2.24) is 0 Å². The third-order valence-corrected chi connectivity index (χ3v) is 2.99. The zero-order chi connectivity index (χ0) is 16.1. The molecule has 2 aromatic carbocycles. The average Bonchev–Trinajstić information content (AvgIpc) is 2.54. The number of Topliss-reactive ketones (excluding diaryl/α,β-unsaturated/α-hetero) is 1. The first kappa shape index (κ1) is 15.3. The van der Waals surface area contributed by atoms with Crippen LogP contribution in [0.25, 0.3) is 6.08 Å². The standard InChI is InChI=1S/C17H12FNO3/c1-22-16-9-11(2-7-15(16)20)8-13(10-19)17(21)12-3-5-14(18)6-4-12/h2-9,20H,1H3/b13-8+. The number of nitrogens with zero attached hydrogens (tertiary/aromatic N) is 1.